The van der Waals surface area contributed by atoms with E-state index < -0.39 is 11.6 Å². The molecule has 1 aromatic carbocycles. The van der Waals surface area contributed by atoms with Gasteiger partial charge < -0.3 is 5.73 Å². The highest BCUT2D eigenvalue weighted by Gasteiger charge is 2.12. The van der Waals surface area contributed by atoms with Crippen LogP contribution in [0.4, 0.5) is 8.78 Å². The monoisotopic (exact) mass is 258 g/mol. The molecule has 17 heavy (non-hydrogen) atoms. The van der Waals surface area contributed by atoms with E-state index in [0.29, 0.717) is 24.5 Å². The molecule has 0 amide bonds. The van der Waals surface area contributed by atoms with Gasteiger partial charge in [0.15, 0.2) is 0 Å². The molecule has 0 aliphatic heterocycles. The third-order valence-electron chi connectivity index (χ3n) is 2.57. The Morgan fingerprint density at radius 3 is 2.41 bits per heavy atom. The third kappa shape index (κ3) is 4.36. The minimum absolute atomic E-state index is 0.0947. The first-order valence-corrected chi connectivity index (χ1v) is 5.89. The van der Waals surface area contributed by atoms with Crippen LogP contribution in [-0.4, -0.2) is 23.0 Å². The van der Waals surface area contributed by atoms with E-state index in [1.807, 2.05) is 11.8 Å². The van der Waals surface area contributed by atoms with Crippen LogP contribution in [0, 0.1) is 11.6 Å². The molecule has 2 N–H and O–H groups in total. The van der Waals surface area contributed by atoms with Crippen molar-refractivity contribution in [2.75, 3.05) is 13.1 Å². The molecule has 0 heterocycles. The van der Waals surface area contributed by atoms with Crippen molar-refractivity contribution in [3.63, 3.8) is 0 Å². The third-order valence-corrected chi connectivity index (χ3v) is 2.77. The number of hydrogen-bond donors (Lipinski definition) is 1. The zero-order valence-electron chi connectivity index (χ0n) is 9.75. The van der Waals surface area contributed by atoms with E-state index in [4.69, 9.17) is 18.0 Å². The van der Waals surface area contributed by atoms with Crippen LogP contribution >= 0.6 is 12.2 Å². The topological polar surface area (TPSA) is 29.3 Å². The molecule has 0 radical (unpaired) electrons. The summed E-state index contributed by atoms with van der Waals surface area (Å²) >= 11 is 4.78. The molecule has 5 heteroatoms. The van der Waals surface area contributed by atoms with Crippen molar-refractivity contribution < 1.29 is 8.78 Å². The van der Waals surface area contributed by atoms with Crippen LogP contribution in [0.25, 0.3) is 0 Å². The lowest BCUT2D eigenvalue weighted by molar-refractivity contribution is 0.279. The van der Waals surface area contributed by atoms with Crippen LogP contribution in [0.5, 0.6) is 0 Å². The van der Waals surface area contributed by atoms with Crippen molar-refractivity contribution in [1.29, 1.82) is 0 Å². The van der Waals surface area contributed by atoms with E-state index in [-0.39, 0.29) is 12.1 Å². The SMILES string of the molecule is CCN(CCC(N)=S)Cc1c(F)cccc1F. The first kappa shape index (κ1) is 14.0. The molecule has 1 rings (SSSR count). The highest BCUT2D eigenvalue weighted by Crippen LogP contribution is 2.14. The Hall–Kier alpha value is -1.07. The summed E-state index contributed by atoms with van der Waals surface area (Å²) in [6, 6.07) is 3.89. The van der Waals surface area contributed by atoms with Gasteiger partial charge >= 0.3 is 0 Å². The molecule has 0 aliphatic carbocycles. The molecule has 0 aliphatic rings. The molecule has 0 unspecified atom stereocenters. The number of hydrogen-bond acceptors (Lipinski definition) is 2. The molecule has 0 fully saturated rings. The number of nitrogens with two attached hydrogens (primary N) is 1. The van der Waals surface area contributed by atoms with Crippen LogP contribution in [0.3, 0.4) is 0 Å². The summed E-state index contributed by atoms with van der Waals surface area (Å²) in [6.45, 7) is 3.46. The Balaban J connectivity index is 2.70. The Kier molecular flexibility index (Phi) is 5.44. The quantitative estimate of drug-likeness (QED) is 0.795. The molecule has 0 spiro atoms. The smallest absolute Gasteiger partial charge is 0.130 e. The summed E-state index contributed by atoms with van der Waals surface area (Å²) in [5.74, 6) is -1.03. The van der Waals surface area contributed by atoms with Crippen molar-refractivity contribution in [2.45, 2.75) is 19.9 Å². The average molecular weight is 258 g/mol. The Labute approximate surface area is 105 Å². The molecule has 2 nitrogen and oxygen atoms in total. The first-order chi connectivity index (χ1) is 8.04. The number of benzene rings is 1. The number of rotatable bonds is 6. The fourth-order valence-corrected chi connectivity index (χ4v) is 1.62. The number of halogens is 2. The molecule has 0 atom stereocenters. The Morgan fingerprint density at radius 1 is 1.35 bits per heavy atom. The molecule has 0 aromatic heterocycles. The standard InChI is InChI=1S/C12H16F2N2S/c1-2-16(7-6-12(15)17)8-9-10(13)4-3-5-11(9)14/h3-5H,2,6-8H2,1H3,(H2,15,17). The van der Waals surface area contributed by atoms with E-state index in [9.17, 15) is 8.78 Å². The lowest BCUT2D eigenvalue weighted by Crippen LogP contribution is -2.28. The maximum atomic E-state index is 13.4. The van der Waals surface area contributed by atoms with E-state index in [1.54, 1.807) is 0 Å². The summed E-state index contributed by atoms with van der Waals surface area (Å²) in [5, 5.41) is 0. The van der Waals surface area contributed by atoms with Crippen molar-refractivity contribution in [1.82, 2.24) is 4.90 Å². The van der Waals surface area contributed by atoms with Gasteiger partial charge in [-0.05, 0) is 18.7 Å². The van der Waals surface area contributed by atoms with E-state index in [1.165, 1.54) is 18.2 Å². The molecular formula is C12H16F2N2S. The lowest BCUT2D eigenvalue weighted by atomic mass is 10.2. The Morgan fingerprint density at radius 2 is 1.94 bits per heavy atom. The summed E-state index contributed by atoms with van der Waals surface area (Å²) in [5.41, 5.74) is 5.50. The number of thiocarbonyl (C=S) groups is 1. The van der Waals surface area contributed by atoms with Gasteiger partial charge in [0, 0.05) is 25.1 Å². The van der Waals surface area contributed by atoms with Crippen LogP contribution in [0.2, 0.25) is 0 Å². The van der Waals surface area contributed by atoms with Crippen LogP contribution in [0.15, 0.2) is 18.2 Å². The second-order valence-corrected chi connectivity index (χ2v) is 4.31. The molecule has 0 saturated heterocycles. The lowest BCUT2D eigenvalue weighted by Gasteiger charge is -2.20. The minimum Gasteiger partial charge on any atom is -0.393 e. The molecule has 0 saturated carbocycles. The van der Waals surface area contributed by atoms with Gasteiger partial charge in [-0.3, -0.25) is 4.90 Å². The van der Waals surface area contributed by atoms with Crippen LogP contribution < -0.4 is 5.73 Å². The van der Waals surface area contributed by atoms with Crippen molar-refractivity contribution in [3.05, 3.63) is 35.4 Å². The van der Waals surface area contributed by atoms with Crippen LogP contribution in [0.1, 0.15) is 18.9 Å². The molecule has 1 aromatic rings. The highest BCUT2D eigenvalue weighted by atomic mass is 32.1. The second-order valence-electron chi connectivity index (χ2n) is 3.79. The minimum atomic E-state index is -0.515. The largest absolute Gasteiger partial charge is 0.393 e. The van der Waals surface area contributed by atoms with Gasteiger partial charge in [-0.1, -0.05) is 25.2 Å². The summed E-state index contributed by atoms with van der Waals surface area (Å²) < 4.78 is 26.9. The van der Waals surface area contributed by atoms with E-state index in [2.05, 4.69) is 0 Å². The predicted molar refractivity (Wildman–Crippen MR) is 68.7 cm³/mol. The van der Waals surface area contributed by atoms with E-state index in [0.717, 1.165) is 0 Å². The highest BCUT2D eigenvalue weighted by molar-refractivity contribution is 7.80. The zero-order chi connectivity index (χ0) is 12.8. The molecular weight excluding hydrogens is 242 g/mol. The van der Waals surface area contributed by atoms with E-state index >= 15 is 0 Å². The van der Waals surface area contributed by atoms with Gasteiger partial charge in [-0.25, -0.2) is 8.78 Å². The first-order valence-electron chi connectivity index (χ1n) is 5.48. The van der Waals surface area contributed by atoms with Crippen molar-refractivity contribution in [2.24, 2.45) is 5.73 Å². The van der Waals surface area contributed by atoms with Gasteiger partial charge in [-0.15, -0.1) is 0 Å². The normalized spacial score (nSPS) is 10.8. The zero-order valence-corrected chi connectivity index (χ0v) is 10.6. The molecule has 94 valence electrons. The molecule has 0 bridgehead atoms. The van der Waals surface area contributed by atoms with Gasteiger partial charge in [0.1, 0.15) is 11.6 Å². The summed E-state index contributed by atoms with van der Waals surface area (Å²) in [7, 11) is 0. The summed E-state index contributed by atoms with van der Waals surface area (Å²) in [4.78, 5) is 2.32. The van der Waals surface area contributed by atoms with Gasteiger partial charge in [0.25, 0.3) is 0 Å². The fourth-order valence-electron chi connectivity index (χ4n) is 1.52. The predicted octanol–water partition coefficient (Wildman–Crippen LogP) is 2.46. The average Bonchev–Trinajstić information content (AvgIpc) is 2.27. The van der Waals surface area contributed by atoms with Gasteiger partial charge in [0.2, 0.25) is 0 Å². The van der Waals surface area contributed by atoms with Crippen molar-refractivity contribution in [3.8, 4) is 0 Å². The van der Waals surface area contributed by atoms with Gasteiger partial charge in [0.05, 0.1) is 4.99 Å². The Bertz CT molecular complexity index is 376. The summed E-state index contributed by atoms with van der Waals surface area (Å²) in [6.07, 6.45) is 0.555. The number of nitrogens with zero attached hydrogens (tertiary/aromatic N) is 1. The maximum Gasteiger partial charge on any atom is 0.130 e. The van der Waals surface area contributed by atoms with Crippen LogP contribution in [-0.2, 0) is 6.54 Å². The second kappa shape index (κ2) is 6.61. The van der Waals surface area contributed by atoms with Gasteiger partial charge in [-0.2, -0.15) is 0 Å². The van der Waals surface area contributed by atoms with Crippen molar-refractivity contribution >= 4 is 17.2 Å². The fraction of sp³-hybridized carbons (Fsp3) is 0.417. The maximum absolute atomic E-state index is 13.4.